The van der Waals surface area contributed by atoms with Gasteiger partial charge in [0.15, 0.2) is 0 Å². The molecule has 1 aromatic rings. The topological polar surface area (TPSA) is 105 Å². The maximum Gasteiger partial charge on any atom is 0.416 e. The van der Waals surface area contributed by atoms with Crippen LogP contribution < -0.4 is 10.6 Å². The van der Waals surface area contributed by atoms with Crippen molar-refractivity contribution in [1.82, 2.24) is 10.6 Å². The number of hydrogen-bond acceptors (Lipinski definition) is 4. The van der Waals surface area contributed by atoms with Crippen LogP contribution in [0.5, 0.6) is 0 Å². The zero-order chi connectivity index (χ0) is 20.0. The largest absolute Gasteiger partial charge is 0.481 e. The number of halogens is 3. The first kappa shape index (κ1) is 21.4. The molecule has 0 aliphatic carbocycles. The van der Waals surface area contributed by atoms with Crippen LogP contribution in [-0.2, 0) is 20.5 Å². The van der Waals surface area contributed by atoms with E-state index in [1.54, 1.807) is 0 Å². The minimum Gasteiger partial charge on any atom is -0.481 e. The van der Waals surface area contributed by atoms with Gasteiger partial charge in [-0.25, -0.2) is 0 Å². The van der Waals surface area contributed by atoms with E-state index in [0.717, 1.165) is 24.3 Å². The van der Waals surface area contributed by atoms with Crippen molar-refractivity contribution in [3.05, 3.63) is 35.4 Å². The van der Waals surface area contributed by atoms with Crippen molar-refractivity contribution in [2.45, 2.75) is 25.1 Å². The van der Waals surface area contributed by atoms with Gasteiger partial charge in [-0.2, -0.15) is 13.2 Å². The highest BCUT2D eigenvalue weighted by atomic mass is 19.4. The number of ether oxygens (including phenoxy) is 1. The Morgan fingerprint density at radius 2 is 1.73 bits per heavy atom. The quantitative estimate of drug-likeness (QED) is 0.637. The molecular weight excluding hydrogens is 357 g/mol. The average molecular weight is 376 g/mol. The minimum atomic E-state index is -4.51. The number of rotatable bonds is 8. The smallest absolute Gasteiger partial charge is 0.416 e. The molecule has 3 N–H and O–H groups in total. The molecular formula is C16H19F3N2O5. The molecule has 0 aliphatic rings. The lowest BCUT2D eigenvalue weighted by atomic mass is 9.99. The molecule has 1 atom stereocenters. The predicted molar refractivity (Wildman–Crippen MR) is 84.5 cm³/mol. The number of alkyl halides is 3. The second-order valence-electron chi connectivity index (χ2n) is 5.87. The second kappa shape index (κ2) is 8.65. The van der Waals surface area contributed by atoms with Gasteiger partial charge in [-0.3, -0.25) is 14.4 Å². The van der Waals surface area contributed by atoms with Crippen molar-refractivity contribution in [1.29, 1.82) is 0 Å². The summed E-state index contributed by atoms with van der Waals surface area (Å²) in [5, 5.41) is 13.6. The fourth-order valence-electron chi connectivity index (χ4n) is 2.24. The molecule has 2 amide bonds. The van der Waals surface area contributed by atoms with E-state index in [0.29, 0.717) is 0 Å². The van der Waals surface area contributed by atoms with Gasteiger partial charge >= 0.3 is 12.1 Å². The molecule has 1 rings (SSSR count). The monoisotopic (exact) mass is 376 g/mol. The molecule has 144 valence electrons. The van der Waals surface area contributed by atoms with E-state index in [-0.39, 0.29) is 18.6 Å². The molecule has 0 spiro atoms. The molecule has 0 radical (unpaired) electrons. The van der Waals surface area contributed by atoms with Crippen LogP contribution in [0.3, 0.4) is 0 Å². The minimum absolute atomic E-state index is 0.0454. The highest BCUT2D eigenvalue weighted by molar-refractivity contribution is 5.96. The first-order valence-corrected chi connectivity index (χ1v) is 7.44. The van der Waals surface area contributed by atoms with Gasteiger partial charge in [0, 0.05) is 12.7 Å². The summed E-state index contributed by atoms with van der Waals surface area (Å²) < 4.78 is 42.3. The lowest BCUT2D eigenvalue weighted by molar-refractivity contribution is -0.140. The van der Waals surface area contributed by atoms with Gasteiger partial charge in [0.25, 0.3) is 5.91 Å². The number of nitrogens with one attached hydrogen (secondary N) is 2. The third kappa shape index (κ3) is 6.71. The third-order valence-electron chi connectivity index (χ3n) is 3.33. The van der Waals surface area contributed by atoms with Gasteiger partial charge in [0.1, 0.15) is 0 Å². The zero-order valence-corrected chi connectivity index (χ0v) is 14.1. The van der Waals surface area contributed by atoms with Crippen LogP contribution in [0.4, 0.5) is 13.2 Å². The number of carboxylic acids is 1. The molecule has 0 heterocycles. The van der Waals surface area contributed by atoms with E-state index in [1.165, 1.54) is 14.0 Å². The van der Waals surface area contributed by atoms with Crippen molar-refractivity contribution in [3.8, 4) is 0 Å². The number of carbonyl (C=O) groups excluding carboxylic acids is 2. The Balaban J connectivity index is 2.63. The van der Waals surface area contributed by atoms with E-state index in [2.05, 4.69) is 10.6 Å². The number of carbonyl (C=O) groups is 3. The van der Waals surface area contributed by atoms with Gasteiger partial charge in [0.05, 0.1) is 30.7 Å². The molecule has 7 nitrogen and oxygen atoms in total. The molecule has 0 bridgehead atoms. The highest BCUT2D eigenvalue weighted by Crippen LogP contribution is 2.29. The number of methoxy groups -OCH3 is 1. The summed E-state index contributed by atoms with van der Waals surface area (Å²) in [7, 11) is 1.35. The maximum absolute atomic E-state index is 12.5. The number of amides is 2. The van der Waals surface area contributed by atoms with Gasteiger partial charge in [-0.15, -0.1) is 0 Å². The van der Waals surface area contributed by atoms with Crippen molar-refractivity contribution < 1.29 is 37.4 Å². The van der Waals surface area contributed by atoms with Gasteiger partial charge in [0.2, 0.25) is 5.91 Å². The Labute approximate surface area is 147 Å². The molecule has 0 saturated heterocycles. The Hall–Kier alpha value is -2.62. The van der Waals surface area contributed by atoms with Crippen molar-refractivity contribution >= 4 is 17.8 Å². The summed E-state index contributed by atoms with van der Waals surface area (Å²) in [4.78, 5) is 34.7. The number of hydrogen-bond donors (Lipinski definition) is 3. The molecule has 0 saturated carbocycles. The lowest BCUT2D eigenvalue weighted by Gasteiger charge is -2.28. The Morgan fingerprint density at radius 1 is 1.15 bits per heavy atom. The second-order valence-corrected chi connectivity index (χ2v) is 5.87. The first-order chi connectivity index (χ1) is 12.0. The van der Waals surface area contributed by atoms with Crippen LogP contribution in [0.1, 0.15) is 29.3 Å². The molecule has 0 aliphatic heterocycles. The van der Waals surface area contributed by atoms with E-state index < -0.39 is 41.6 Å². The predicted octanol–water partition coefficient (Wildman–Crippen LogP) is 1.43. The van der Waals surface area contributed by atoms with Crippen LogP contribution in [0.15, 0.2) is 24.3 Å². The summed E-state index contributed by atoms with van der Waals surface area (Å²) in [6.45, 7) is 0.941. The highest BCUT2D eigenvalue weighted by Gasteiger charge is 2.31. The van der Waals surface area contributed by atoms with E-state index >= 15 is 0 Å². The summed E-state index contributed by atoms with van der Waals surface area (Å²) in [6, 6.07) is 3.51. The molecule has 1 unspecified atom stereocenters. The van der Waals surface area contributed by atoms with Crippen molar-refractivity contribution in [3.63, 3.8) is 0 Å². The summed E-state index contributed by atoms with van der Waals surface area (Å²) in [5.41, 5.74) is -2.11. The molecule has 26 heavy (non-hydrogen) atoms. The molecule has 0 fully saturated rings. The van der Waals surface area contributed by atoms with Crippen LogP contribution in [0.2, 0.25) is 0 Å². The first-order valence-electron chi connectivity index (χ1n) is 7.44. The van der Waals surface area contributed by atoms with Crippen LogP contribution >= 0.6 is 0 Å². The Morgan fingerprint density at radius 3 is 2.19 bits per heavy atom. The maximum atomic E-state index is 12.5. The van der Waals surface area contributed by atoms with Crippen LogP contribution in [-0.4, -0.2) is 48.7 Å². The Bertz CT molecular complexity index is 661. The van der Waals surface area contributed by atoms with Gasteiger partial charge in [-0.05, 0) is 31.2 Å². The normalized spacial score (nSPS) is 13.6. The fourth-order valence-corrected chi connectivity index (χ4v) is 2.24. The van der Waals surface area contributed by atoms with E-state index in [1.807, 2.05) is 0 Å². The Kier molecular flexibility index (Phi) is 7.13. The number of benzene rings is 1. The summed E-state index contributed by atoms with van der Waals surface area (Å²) in [5.74, 6) is -2.54. The molecule has 1 aromatic carbocycles. The molecule has 10 heteroatoms. The third-order valence-corrected chi connectivity index (χ3v) is 3.33. The number of aliphatic carboxylic acids is 1. The lowest BCUT2D eigenvalue weighted by Crippen LogP contribution is -2.53. The van der Waals surface area contributed by atoms with Crippen molar-refractivity contribution in [2.75, 3.05) is 20.3 Å². The zero-order valence-electron chi connectivity index (χ0n) is 14.1. The standard InChI is InChI=1S/C16H19F3N2O5/c1-15(9-26-2,7-13(23)24)21-12(22)8-20-14(25)10-3-5-11(6-4-10)16(17,18)19/h3-6H,7-9H2,1-2H3,(H,20,25)(H,21,22)(H,23,24). The van der Waals surface area contributed by atoms with E-state index in [4.69, 9.17) is 9.84 Å². The molecule has 0 aromatic heterocycles. The average Bonchev–Trinajstić information content (AvgIpc) is 2.51. The van der Waals surface area contributed by atoms with Gasteiger partial charge in [-0.1, -0.05) is 0 Å². The van der Waals surface area contributed by atoms with Gasteiger partial charge < -0.3 is 20.5 Å². The van der Waals surface area contributed by atoms with E-state index in [9.17, 15) is 27.6 Å². The SMILES string of the molecule is COCC(C)(CC(=O)O)NC(=O)CNC(=O)c1ccc(C(F)(F)F)cc1. The summed E-state index contributed by atoms with van der Waals surface area (Å²) >= 11 is 0. The fraction of sp³-hybridized carbons (Fsp3) is 0.438. The van der Waals surface area contributed by atoms with Crippen molar-refractivity contribution in [2.24, 2.45) is 0 Å². The van der Waals surface area contributed by atoms with Crippen LogP contribution in [0.25, 0.3) is 0 Å². The number of carboxylic acid groups (broad SMARTS) is 1. The van der Waals surface area contributed by atoms with Crippen LogP contribution in [0, 0.1) is 0 Å². The summed E-state index contributed by atoms with van der Waals surface area (Å²) in [6.07, 6.45) is -4.90.